The van der Waals surface area contributed by atoms with Gasteiger partial charge in [-0.15, -0.1) is 0 Å². The van der Waals surface area contributed by atoms with E-state index in [4.69, 9.17) is 15.1 Å². The Bertz CT molecular complexity index is 1390. The largest absolute Gasteiger partial charge is 0.357 e. The fourth-order valence-corrected chi connectivity index (χ4v) is 6.48. The molecular weight excluding hydrogens is 470 g/mol. The van der Waals surface area contributed by atoms with Crippen LogP contribution < -0.4 is 10.2 Å². The van der Waals surface area contributed by atoms with Crippen LogP contribution in [0.25, 0.3) is 27.5 Å². The van der Waals surface area contributed by atoms with Gasteiger partial charge in [0.25, 0.3) is 0 Å². The number of fused-ring (bicyclic) bond motifs is 3. The molecule has 8 nitrogen and oxygen atoms in total. The molecule has 184 valence electrons. The van der Waals surface area contributed by atoms with Gasteiger partial charge >= 0.3 is 0 Å². The number of thiazole rings is 1. The molecule has 0 bridgehead atoms. The predicted octanol–water partition coefficient (Wildman–Crippen LogP) is 5.28. The molecule has 6 rings (SSSR count). The maximum atomic E-state index is 11.7. The number of aryl methyl sites for hydroxylation is 1. The Labute approximate surface area is 214 Å². The summed E-state index contributed by atoms with van der Waals surface area (Å²) in [5.41, 5.74) is 6.03. The number of carbonyl (C=O) groups is 1. The number of rotatable bonds is 5. The minimum Gasteiger partial charge on any atom is -0.357 e. The molecule has 1 saturated carbocycles. The van der Waals surface area contributed by atoms with E-state index in [0.29, 0.717) is 11.2 Å². The van der Waals surface area contributed by atoms with Crippen molar-refractivity contribution in [3.05, 3.63) is 54.1 Å². The fraction of sp³-hybridized carbons (Fsp3) is 0.370. The molecule has 0 saturated heterocycles. The molecule has 4 aromatic heterocycles. The summed E-state index contributed by atoms with van der Waals surface area (Å²) >= 11 is 1.50. The molecular formula is C27H29N7OS. The summed E-state index contributed by atoms with van der Waals surface area (Å²) in [4.78, 5) is 28.9. The Morgan fingerprint density at radius 2 is 2.00 bits per heavy atom. The van der Waals surface area contributed by atoms with E-state index in [2.05, 4.69) is 34.4 Å². The maximum Gasteiger partial charge on any atom is 0.223 e. The third-order valence-corrected chi connectivity index (χ3v) is 8.21. The number of aromatic nitrogens is 5. The fourth-order valence-electron chi connectivity index (χ4n) is 5.36. The van der Waals surface area contributed by atoms with E-state index in [9.17, 15) is 4.79 Å². The lowest BCUT2D eigenvalue weighted by Crippen LogP contribution is -2.33. The normalized spacial score (nSPS) is 15.3. The molecule has 2 aliphatic carbocycles. The average molecular weight is 500 g/mol. The average Bonchev–Trinajstić information content (AvgIpc) is 3.50. The lowest BCUT2D eigenvalue weighted by atomic mass is 9.94. The van der Waals surface area contributed by atoms with Crippen molar-refractivity contribution in [1.29, 1.82) is 0 Å². The minimum absolute atomic E-state index is 0.118. The summed E-state index contributed by atoms with van der Waals surface area (Å²) in [6.45, 7) is 1.51. The van der Waals surface area contributed by atoms with Crippen LogP contribution in [0.2, 0.25) is 0 Å². The van der Waals surface area contributed by atoms with Crippen molar-refractivity contribution in [3.8, 4) is 27.5 Å². The molecule has 1 N–H and O–H groups in total. The zero-order valence-electron chi connectivity index (χ0n) is 20.6. The van der Waals surface area contributed by atoms with Gasteiger partial charge in [-0.1, -0.05) is 30.6 Å². The number of pyridine rings is 2. The first kappa shape index (κ1) is 22.8. The van der Waals surface area contributed by atoms with Crippen LogP contribution in [0, 0.1) is 0 Å². The summed E-state index contributed by atoms with van der Waals surface area (Å²) in [6.07, 6.45) is 13.6. The topological polar surface area (TPSA) is 88.8 Å². The Morgan fingerprint density at radius 1 is 1.14 bits per heavy atom. The van der Waals surface area contributed by atoms with Crippen LogP contribution in [0.4, 0.5) is 10.9 Å². The molecule has 1 fully saturated rings. The Balaban J connectivity index is 1.43. The number of hydrogen-bond donors (Lipinski definition) is 1. The number of amides is 1. The number of carbonyl (C=O) groups excluding carboxylic acids is 1. The number of nitrogens with one attached hydrogen (secondary N) is 1. The lowest BCUT2D eigenvalue weighted by molar-refractivity contribution is -0.114. The molecule has 2 aliphatic rings. The van der Waals surface area contributed by atoms with E-state index >= 15 is 0 Å². The molecule has 0 aliphatic heterocycles. The molecule has 1 amide bonds. The monoisotopic (exact) mass is 499 g/mol. The summed E-state index contributed by atoms with van der Waals surface area (Å²) in [5.74, 6) is 0.873. The van der Waals surface area contributed by atoms with Crippen LogP contribution in [-0.2, 0) is 17.6 Å². The summed E-state index contributed by atoms with van der Waals surface area (Å²) in [6, 6.07) is 8.74. The minimum atomic E-state index is -0.118. The SMILES string of the molecule is CC(=O)Nc1nc2c(s1)-c1c(c(-c3cccnc3)nn1-c1ccc(N(C)C3CCCCC3)nc1)CC2. The standard InChI is InChI=1S/C27H29N7OS/c1-17(35)30-27-31-22-12-11-21-24(18-7-6-14-28-15-18)32-34(25(21)26(22)36-27)20-10-13-23(29-16-20)33(2)19-8-4-3-5-9-19/h6-7,10,13-16,19H,3-5,8-9,11-12H2,1-2H3,(H,30,31,35). The molecule has 0 unspecified atom stereocenters. The number of nitrogens with zero attached hydrogens (tertiary/aromatic N) is 6. The second-order valence-corrected chi connectivity index (χ2v) is 10.6. The highest BCUT2D eigenvalue weighted by molar-refractivity contribution is 7.19. The smallest absolute Gasteiger partial charge is 0.223 e. The van der Waals surface area contributed by atoms with Gasteiger partial charge in [-0.05, 0) is 49.9 Å². The Morgan fingerprint density at radius 3 is 2.72 bits per heavy atom. The van der Waals surface area contributed by atoms with Crippen molar-refractivity contribution in [3.63, 3.8) is 0 Å². The van der Waals surface area contributed by atoms with Gasteiger partial charge in [0.15, 0.2) is 5.13 Å². The van der Waals surface area contributed by atoms with Crippen LogP contribution in [0.5, 0.6) is 0 Å². The van der Waals surface area contributed by atoms with Crippen molar-refractivity contribution in [2.75, 3.05) is 17.3 Å². The summed E-state index contributed by atoms with van der Waals surface area (Å²) < 4.78 is 1.99. The summed E-state index contributed by atoms with van der Waals surface area (Å²) in [5, 5.41) is 8.56. The van der Waals surface area contributed by atoms with Crippen LogP contribution in [0.1, 0.15) is 50.3 Å². The van der Waals surface area contributed by atoms with Gasteiger partial charge in [0, 0.05) is 43.5 Å². The second-order valence-electron chi connectivity index (χ2n) is 9.58. The highest BCUT2D eigenvalue weighted by Gasteiger charge is 2.30. The van der Waals surface area contributed by atoms with Crippen LogP contribution in [0.3, 0.4) is 0 Å². The van der Waals surface area contributed by atoms with E-state index in [1.54, 1.807) is 6.20 Å². The second kappa shape index (κ2) is 9.46. The summed E-state index contributed by atoms with van der Waals surface area (Å²) in [7, 11) is 2.15. The highest BCUT2D eigenvalue weighted by atomic mass is 32.1. The maximum absolute atomic E-state index is 11.7. The van der Waals surface area contributed by atoms with Gasteiger partial charge in [-0.3, -0.25) is 9.78 Å². The first-order chi connectivity index (χ1) is 17.6. The highest BCUT2D eigenvalue weighted by Crippen LogP contribution is 2.44. The third kappa shape index (κ3) is 4.17. The number of hydrogen-bond acceptors (Lipinski definition) is 7. The molecule has 0 atom stereocenters. The zero-order chi connectivity index (χ0) is 24.6. The van der Waals surface area contributed by atoms with Gasteiger partial charge in [-0.2, -0.15) is 5.10 Å². The van der Waals surface area contributed by atoms with E-state index in [1.165, 1.54) is 55.9 Å². The van der Waals surface area contributed by atoms with Gasteiger partial charge in [0.1, 0.15) is 5.82 Å². The molecule has 0 spiro atoms. The van der Waals surface area contributed by atoms with Crippen LogP contribution in [-0.4, -0.2) is 43.7 Å². The molecule has 4 heterocycles. The van der Waals surface area contributed by atoms with Crippen molar-refractivity contribution >= 4 is 28.2 Å². The van der Waals surface area contributed by atoms with E-state index in [0.717, 1.165) is 51.9 Å². The Hall–Kier alpha value is -3.59. The number of anilines is 2. The van der Waals surface area contributed by atoms with Crippen LogP contribution >= 0.6 is 11.3 Å². The molecule has 36 heavy (non-hydrogen) atoms. The van der Waals surface area contributed by atoms with Gasteiger partial charge < -0.3 is 10.2 Å². The molecule has 9 heteroatoms. The van der Waals surface area contributed by atoms with E-state index in [-0.39, 0.29) is 5.91 Å². The first-order valence-corrected chi connectivity index (χ1v) is 13.4. The predicted molar refractivity (Wildman–Crippen MR) is 143 cm³/mol. The first-order valence-electron chi connectivity index (χ1n) is 12.6. The van der Waals surface area contributed by atoms with Crippen molar-refractivity contribution < 1.29 is 4.79 Å². The molecule has 4 aromatic rings. The lowest BCUT2D eigenvalue weighted by Gasteiger charge is -2.32. The third-order valence-electron chi connectivity index (χ3n) is 7.19. The van der Waals surface area contributed by atoms with E-state index < -0.39 is 0 Å². The van der Waals surface area contributed by atoms with Crippen molar-refractivity contribution in [2.24, 2.45) is 0 Å². The van der Waals surface area contributed by atoms with Gasteiger partial charge in [-0.25, -0.2) is 14.6 Å². The van der Waals surface area contributed by atoms with Crippen LogP contribution in [0.15, 0.2) is 42.9 Å². The van der Waals surface area contributed by atoms with E-state index in [1.807, 2.05) is 29.2 Å². The molecule has 0 radical (unpaired) electrons. The quantitative estimate of drug-likeness (QED) is 0.402. The van der Waals surface area contributed by atoms with Gasteiger partial charge in [0.2, 0.25) is 5.91 Å². The van der Waals surface area contributed by atoms with Crippen molar-refractivity contribution in [1.82, 2.24) is 24.7 Å². The zero-order valence-corrected chi connectivity index (χ0v) is 21.4. The Kier molecular flexibility index (Phi) is 6.00. The molecule has 0 aromatic carbocycles. The van der Waals surface area contributed by atoms with Gasteiger partial charge in [0.05, 0.1) is 33.8 Å². The van der Waals surface area contributed by atoms with Crippen molar-refractivity contribution in [2.45, 2.75) is 57.9 Å².